The second kappa shape index (κ2) is 9.89. The average molecular weight is 557 g/mol. The number of ether oxygens (including phenoxy) is 1. The summed E-state index contributed by atoms with van der Waals surface area (Å²) in [5.74, 6) is -4.17. The standard InChI is InChI=1S/C32H29ClN2O5/c1-16(2)29(32(39)40-15-24(36)34-18-13-12-17(3)23(33)14-18)35-30(37)27-25-19-8-4-5-9-20(19)26(28(27)31(35)38)22-11-7-6-10-21(22)25/h4-14,16,25-29H,15H2,1-3H3,(H,34,36)/t25?,26?,27-,28+,29-/m0/s1. The molecule has 0 radical (unpaired) electrons. The van der Waals surface area contributed by atoms with E-state index < -0.39 is 42.3 Å². The molecule has 7 rings (SSSR count). The van der Waals surface area contributed by atoms with Gasteiger partial charge in [0.15, 0.2) is 6.61 Å². The molecule has 1 saturated heterocycles. The Morgan fingerprint density at radius 1 is 0.875 bits per heavy atom. The Labute approximate surface area is 237 Å². The van der Waals surface area contributed by atoms with Crippen LogP contribution in [0.25, 0.3) is 0 Å². The van der Waals surface area contributed by atoms with Crippen LogP contribution in [0, 0.1) is 24.7 Å². The van der Waals surface area contributed by atoms with Gasteiger partial charge in [0.25, 0.3) is 5.91 Å². The average Bonchev–Trinajstić information content (AvgIpc) is 3.20. The number of aryl methyl sites for hydroxylation is 1. The Hall–Kier alpha value is -3.97. The van der Waals surface area contributed by atoms with Crippen molar-refractivity contribution in [1.29, 1.82) is 0 Å². The molecule has 3 atom stereocenters. The van der Waals surface area contributed by atoms with Crippen LogP contribution in [0.1, 0.15) is 53.5 Å². The number of carbonyl (C=O) groups is 4. The third-order valence-corrected chi connectivity index (χ3v) is 8.84. The number of hydrogen-bond donors (Lipinski definition) is 1. The minimum Gasteiger partial charge on any atom is -0.454 e. The van der Waals surface area contributed by atoms with Crippen molar-refractivity contribution in [3.63, 3.8) is 0 Å². The highest BCUT2D eigenvalue weighted by molar-refractivity contribution is 6.31. The molecule has 3 aromatic rings. The summed E-state index contributed by atoms with van der Waals surface area (Å²) in [4.78, 5) is 55.1. The largest absolute Gasteiger partial charge is 0.454 e. The van der Waals surface area contributed by atoms with Crippen LogP contribution in [0.2, 0.25) is 5.02 Å². The number of hydrogen-bond acceptors (Lipinski definition) is 5. The van der Waals surface area contributed by atoms with Crippen LogP contribution in [0.4, 0.5) is 5.69 Å². The van der Waals surface area contributed by atoms with Crippen molar-refractivity contribution in [3.8, 4) is 0 Å². The number of likely N-dealkylation sites (tertiary alicyclic amines) is 1. The van der Waals surface area contributed by atoms with Gasteiger partial charge in [0.2, 0.25) is 11.8 Å². The summed E-state index contributed by atoms with van der Waals surface area (Å²) in [6.45, 7) is 4.82. The predicted octanol–water partition coefficient (Wildman–Crippen LogP) is 5.05. The van der Waals surface area contributed by atoms with E-state index in [1.54, 1.807) is 32.0 Å². The Morgan fingerprint density at radius 2 is 1.38 bits per heavy atom. The van der Waals surface area contributed by atoms with E-state index in [1.807, 2.05) is 55.5 Å². The quantitative estimate of drug-likeness (QED) is 0.339. The number of nitrogens with zero attached hydrogens (tertiary/aromatic N) is 1. The first-order chi connectivity index (χ1) is 19.2. The van der Waals surface area contributed by atoms with Crippen molar-refractivity contribution in [3.05, 3.63) is 99.6 Å². The molecule has 1 N–H and O–H groups in total. The lowest BCUT2D eigenvalue weighted by Crippen LogP contribution is -2.49. The van der Waals surface area contributed by atoms with Crippen molar-refractivity contribution in [2.75, 3.05) is 11.9 Å². The first-order valence-corrected chi connectivity index (χ1v) is 13.8. The third-order valence-electron chi connectivity index (χ3n) is 8.43. The molecule has 1 fully saturated rings. The molecule has 8 heteroatoms. The van der Waals surface area contributed by atoms with Gasteiger partial charge in [0, 0.05) is 22.5 Å². The molecule has 7 nitrogen and oxygen atoms in total. The number of imide groups is 1. The molecule has 0 saturated carbocycles. The van der Waals surface area contributed by atoms with Crippen LogP contribution in [-0.2, 0) is 23.9 Å². The number of esters is 1. The van der Waals surface area contributed by atoms with Crippen LogP contribution >= 0.6 is 11.6 Å². The van der Waals surface area contributed by atoms with E-state index in [-0.39, 0.29) is 23.7 Å². The van der Waals surface area contributed by atoms with Gasteiger partial charge in [-0.15, -0.1) is 0 Å². The van der Waals surface area contributed by atoms with E-state index in [1.165, 1.54) is 0 Å². The van der Waals surface area contributed by atoms with E-state index in [2.05, 4.69) is 5.32 Å². The molecule has 0 spiro atoms. The topological polar surface area (TPSA) is 92.8 Å². The lowest BCUT2D eigenvalue weighted by atomic mass is 9.55. The van der Waals surface area contributed by atoms with Gasteiger partial charge in [-0.25, -0.2) is 4.79 Å². The summed E-state index contributed by atoms with van der Waals surface area (Å²) in [5, 5.41) is 3.15. The van der Waals surface area contributed by atoms with Gasteiger partial charge in [-0.1, -0.05) is 80.0 Å². The van der Waals surface area contributed by atoms with Gasteiger partial charge < -0.3 is 10.1 Å². The zero-order chi connectivity index (χ0) is 28.3. The highest BCUT2D eigenvalue weighted by Gasteiger charge is 2.63. The monoisotopic (exact) mass is 556 g/mol. The molecule has 4 aliphatic rings. The van der Waals surface area contributed by atoms with E-state index in [4.69, 9.17) is 16.3 Å². The number of rotatable bonds is 6. The molecule has 40 heavy (non-hydrogen) atoms. The third kappa shape index (κ3) is 4.03. The Bertz CT molecular complexity index is 1450. The maximum atomic E-state index is 14.1. The zero-order valence-corrected chi connectivity index (χ0v) is 23.1. The Morgan fingerprint density at radius 3 is 1.82 bits per heavy atom. The summed E-state index contributed by atoms with van der Waals surface area (Å²) in [6.07, 6.45) is 0. The summed E-state index contributed by atoms with van der Waals surface area (Å²) < 4.78 is 5.38. The lowest BCUT2D eigenvalue weighted by Gasteiger charge is -2.45. The Kier molecular flexibility index (Phi) is 6.50. The summed E-state index contributed by atoms with van der Waals surface area (Å²) in [6, 6.07) is 19.9. The smallest absolute Gasteiger partial charge is 0.330 e. The van der Waals surface area contributed by atoms with Gasteiger partial charge in [-0.3, -0.25) is 19.3 Å². The second-order valence-corrected chi connectivity index (χ2v) is 11.5. The number of nitrogens with one attached hydrogen (secondary N) is 1. The van der Waals surface area contributed by atoms with Crippen molar-refractivity contribution >= 4 is 41.0 Å². The van der Waals surface area contributed by atoms with Crippen LogP contribution in [0.15, 0.2) is 66.7 Å². The minimum atomic E-state index is -1.14. The fourth-order valence-electron chi connectivity index (χ4n) is 6.74. The van der Waals surface area contributed by atoms with E-state index >= 15 is 0 Å². The SMILES string of the molecule is Cc1ccc(NC(=O)COC(=O)[C@H](C(C)C)N2C(=O)[C@@H]3C4c5ccccc5C(c5ccccc54)[C@@H]3C2=O)cc1Cl. The van der Waals surface area contributed by atoms with Crippen LogP contribution < -0.4 is 5.32 Å². The van der Waals surface area contributed by atoms with E-state index in [0.717, 1.165) is 32.7 Å². The van der Waals surface area contributed by atoms with E-state index in [0.29, 0.717) is 10.7 Å². The van der Waals surface area contributed by atoms with Crippen molar-refractivity contribution in [1.82, 2.24) is 4.90 Å². The fraction of sp³-hybridized carbons (Fsp3) is 0.312. The maximum absolute atomic E-state index is 14.1. The van der Waals surface area contributed by atoms with Gasteiger partial charge in [0.05, 0.1) is 11.8 Å². The summed E-state index contributed by atoms with van der Waals surface area (Å²) >= 11 is 6.13. The Balaban J connectivity index is 1.25. The number of amides is 3. The van der Waals surface area contributed by atoms with E-state index in [9.17, 15) is 19.2 Å². The molecular weight excluding hydrogens is 528 g/mol. The molecule has 3 aliphatic carbocycles. The maximum Gasteiger partial charge on any atom is 0.330 e. The van der Waals surface area contributed by atoms with Gasteiger partial charge in [0.1, 0.15) is 6.04 Å². The molecule has 204 valence electrons. The van der Waals surface area contributed by atoms with Crippen LogP contribution in [0.3, 0.4) is 0 Å². The first-order valence-electron chi connectivity index (χ1n) is 13.5. The molecule has 1 aliphatic heterocycles. The molecular formula is C32H29ClN2O5. The van der Waals surface area contributed by atoms with Crippen LogP contribution in [0.5, 0.6) is 0 Å². The molecule has 1 heterocycles. The van der Waals surface area contributed by atoms with Gasteiger partial charge in [-0.2, -0.15) is 0 Å². The highest BCUT2D eigenvalue weighted by Crippen LogP contribution is 2.61. The first kappa shape index (κ1) is 26.3. The molecule has 0 unspecified atom stereocenters. The van der Waals surface area contributed by atoms with Crippen molar-refractivity contribution in [2.45, 2.75) is 38.6 Å². The lowest BCUT2D eigenvalue weighted by molar-refractivity contribution is -0.162. The van der Waals surface area contributed by atoms with Crippen molar-refractivity contribution < 1.29 is 23.9 Å². The zero-order valence-electron chi connectivity index (χ0n) is 22.4. The number of carbonyl (C=O) groups excluding carboxylic acids is 4. The number of benzene rings is 3. The summed E-state index contributed by atoms with van der Waals surface area (Å²) in [5.41, 5.74) is 5.59. The normalized spacial score (nSPS) is 23.0. The molecule has 3 aromatic carbocycles. The van der Waals surface area contributed by atoms with Gasteiger partial charge >= 0.3 is 5.97 Å². The minimum absolute atomic E-state index is 0.264. The van der Waals surface area contributed by atoms with Crippen molar-refractivity contribution in [2.24, 2.45) is 17.8 Å². The van der Waals surface area contributed by atoms with Crippen LogP contribution in [-0.4, -0.2) is 41.2 Å². The number of halogens is 1. The molecule has 2 bridgehead atoms. The number of anilines is 1. The molecule has 3 amide bonds. The summed E-state index contributed by atoms with van der Waals surface area (Å²) in [7, 11) is 0. The molecule has 0 aromatic heterocycles. The highest BCUT2D eigenvalue weighted by atomic mass is 35.5. The predicted molar refractivity (Wildman–Crippen MR) is 150 cm³/mol. The fourth-order valence-corrected chi connectivity index (χ4v) is 6.92. The van der Waals surface area contributed by atoms with Gasteiger partial charge in [-0.05, 0) is 52.8 Å². The second-order valence-electron chi connectivity index (χ2n) is 11.1.